The number of carboxylic acid groups (broad SMARTS) is 1. The lowest BCUT2D eigenvalue weighted by molar-refractivity contribution is -0.142. The molecule has 5 nitrogen and oxygen atoms in total. The number of rotatable bonds is 2. The first kappa shape index (κ1) is 14.5. The summed E-state index contributed by atoms with van der Waals surface area (Å²) in [7, 11) is 0. The van der Waals surface area contributed by atoms with E-state index in [9.17, 15) is 14.7 Å². The summed E-state index contributed by atoms with van der Waals surface area (Å²) in [4.78, 5) is 29.2. The van der Waals surface area contributed by atoms with Crippen molar-refractivity contribution in [3.8, 4) is 0 Å². The van der Waals surface area contributed by atoms with E-state index in [1.165, 1.54) is 4.90 Å². The van der Waals surface area contributed by atoms with Crippen molar-refractivity contribution >= 4 is 22.8 Å². The quantitative estimate of drug-likeness (QED) is 0.762. The number of nitrogens with zero attached hydrogens (tertiary/aromatic N) is 1. The number of hydrogen-bond acceptors (Lipinski definition) is 2. The Morgan fingerprint density at radius 1 is 1.08 bits per heavy atom. The minimum atomic E-state index is -0.972. The first-order valence-electron chi connectivity index (χ1n) is 7.81. The number of fused-ring (bicyclic) bond motifs is 2. The van der Waals surface area contributed by atoms with Crippen molar-refractivity contribution in [2.45, 2.75) is 19.0 Å². The Labute approximate surface area is 138 Å². The summed E-state index contributed by atoms with van der Waals surface area (Å²) in [5, 5.41) is 10.5. The Balaban J connectivity index is 1.72. The predicted octanol–water partition coefficient (Wildman–Crippen LogP) is 2.82. The summed E-state index contributed by atoms with van der Waals surface area (Å²) < 4.78 is 0. The second-order valence-corrected chi connectivity index (χ2v) is 6.04. The number of benzene rings is 2. The van der Waals surface area contributed by atoms with Crippen LogP contribution in [0.1, 0.15) is 21.5 Å². The number of aliphatic carboxylic acids is 1. The summed E-state index contributed by atoms with van der Waals surface area (Å²) in [6, 6.07) is 14.1. The van der Waals surface area contributed by atoms with Gasteiger partial charge in [0.05, 0.1) is 0 Å². The molecule has 0 aliphatic carbocycles. The summed E-state index contributed by atoms with van der Waals surface area (Å²) in [5.41, 5.74) is 3.46. The highest BCUT2D eigenvalue weighted by Crippen LogP contribution is 2.26. The molecule has 1 amide bonds. The summed E-state index contributed by atoms with van der Waals surface area (Å²) >= 11 is 0. The second-order valence-electron chi connectivity index (χ2n) is 6.04. The zero-order valence-corrected chi connectivity index (χ0v) is 12.9. The molecular weight excluding hydrogens is 304 g/mol. The molecule has 0 bridgehead atoms. The normalized spacial score (nSPS) is 16.8. The number of carboxylic acids is 1. The van der Waals surface area contributed by atoms with Crippen molar-refractivity contribution in [1.82, 2.24) is 9.88 Å². The fourth-order valence-electron chi connectivity index (χ4n) is 3.31. The number of amides is 1. The van der Waals surface area contributed by atoms with Crippen LogP contribution in [0.5, 0.6) is 0 Å². The molecule has 1 aliphatic heterocycles. The standard InChI is InChI=1S/C19H16N2O3/c22-18(14-5-6-16-13(9-14)7-8-20-16)21-11-15-4-2-1-3-12(15)10-17(21)19(23)24/h1-9,17,20H,10-11H2,(H,23,24)/t17-/m0/s1. The summed E-state index contributed by atoms with van der Waals surface area (Å²) in [6.07, 6.45) is 2.15. The van der Waals surface area contributed by atoms with Crippen LogP contribution in [0.3, 0.4) is 0 Å². The third kappa shape index (κ3) is 2.34. The number of nitrogens with one attached hydrogen (secondary N) is 1. The van der Waals surface area contributed by atoms with Gasteiger partial charge in [-0.25, -0.2) is 4.79 Å². The number of carbonyl (C=O) groups excluding carboxylic acids is 1. The van der Waals surface area contributed by atoms with Crippen molar-refractivity contribution < 1.29 is 14.7 Å². The summed E-state index contributed by atoms with van der Waals surface area (Å²) in [5.74, 6) is -1.22. The highest BCUT2D eigenvalue weighted by Gasteiger charge is 2.34. The lowest BCUT2D eigenvalue weighted by atomic mass is 9.93. The number of H-pyrrole nitrogens is 1. The monoisotopic (exact) mass is 320 g/mol. The van der Waals surface area contributed by atoms with E-state index in [1.807, 2.05) is 42.6 Å². The Morgan fingerprint density at radius 2 is 1.88 bits per heavy atom. The fourth-order valence-corrected chi connectivity index (χ4v) is 3.31. The van der Waals surface area contributed by atoms with Crippen LogP contribution >= 0.6 is 0 Å². The van der Waals surface area contributed by atoms with Gasteiger partial charge < -0.3 is 15.0 Å². The van der Waals surface area contributed by atoms with Gasteiger partial charge in [0.15, 0.2) is 0 Å². The molecule has 24 heavy (non-hydrogen) atoms. The van der Waals surface area contributed by atoms with Gasteiger partial charge in [-0.2, -0.15) is 0 Å². The Morgan fingerprint density at radius 3 is 2.67 bits per heavy atom. The van der Waals surface area contributed by atoms with Crippen LogP contribution in [0.4, 0.5) is 0 Å². The van der Waals surface area contributed by atoms with Crippen LogP contribution in [0.25, 0.3) is 10.9 Å². The Kier molecular flexibility index (Phi) is 3.34. The van der Waals surface area contributed by atoms with E-state index in [0.717, 1.165) is 22.0 Å². The third-order valence-corrected chi connectivity index (χ3v) is 4.59. The van der Waals surface area contributed by atoms with Crippen molar-refractivity contribution in [1.29, 1.82) is 0 Å². The molecule has 1 atom stereocenters. The van der Waals surface area contributed by atoms with Crippen molar-refractivity contribution in [3.63, 3.8) is 0 Å². The molecule has 2 heterocycles. The molecule has 5 heteroatoms. The van der Waals surface area contributed by atoms with Crippen LogP contribution < -0.4 is 0 Å². The van der Waals surface area contributed by atoms with Gasteiger partial charge in [0.25, 0.3) is 5.91 Å². The van der Waals surface area contributed by atoms with E-state index in [2.05, 4.69) is 4.98 Å². The third-order valence-electron chi connectivity index (χ3n) is 4.59. The van der Waals surface area contributed by atoms with Gasteiger partial charge in [-0.15, -0.1) is 0 Å². The Bertz CT molecular complexity index is 944. The molecule has 1 aromatic heterocycles. The van der Waals surface area contributed by atoms with Crippen LogP contribution in [0, 0.1) is 0 Å². The van der Waals surface area contributed by atoms with Crippen LogP contribution in [-0.2, 0) is 17.8 Å². The smallest absolute Gasteiger partial charge is 0.326 e. The molecule has 0 saturated carbocycles. The molecule has 3 aromatic rings. The predicted molar refractivity (Wildman–Crippen MR) is 89.7 cm³/mol. The molecule has 2 aromatic carbocycles. The minimum Gasteiger partial charge on any atom is -0.480 e. The average Bonchev–Trinajstić information content (AvgIpc) is 3.07. The van der Waals surface area contributed by atoms with E-state index in [4.69, 9.17) is 0 Å². The lowest BCUT2D eigenvalue weighted by Gasteiger charge is -2.34. The van der Waals surface area contributed by atoms with Gasteiger partial charge in [-0.1, -0.05) is 24.3 Å². The van der Waals surface area contributed by atoms with Gasteiger partial charge in [-0.05, 0) is 35.4 Å². The minimum absolute atomic E-state index is 0.250. The molecule has 4 rings (SSSR count). The maximum Gasteiger partial charge on any atom is 0.326 e. The van der Waals surface area contributed by atoms with Crippen molar-refractivity contribution in [2.24, 2.45) is 0 Å². The van der Waals surface area contributed by atoms with Crippen LogP contribution in [0.15, 0.2) is 54.7 Å². The zero-order chi connectivity index (χ0) is 16.7. The number of aromatic nitrogens is 1. The summed E-state index contributed by atoms with van der Waals surface area (Å²) in [6.45, 7) is 0.317. The maximum absolute atomic E-state index is 12.9. The molecule has 120 valence electrons. The van der Waals surface area contributed by atoms with E-state index < -0.39 is 12.0 Å². The number of aromatic amines is 1. The molecule has 0 radical (unpaired) electrons. The van der Waals surface area contributed by atoms with E-state index in [1.54, 1.807) is 12.1 Å². The number of carbonyl (C=O) groups is 2. The van der Waals surface area contributed by atoms with Gasteiger partial charge >= 0.3 is 5.97 Å². The SMILES string of the molecule is O=C(O)[C@@H]1Cc2ccccc2CN1C(=O)c1ccc2[nH]ccc2c1. The van der Waals surface area contributed by atoms with Gasteiger partial charge in [0.1, 0.15) is 6.04 Å². The van der Waals surface area contributed by atoms with Crippen LogP contribution in [0.2, 0.25) is 0 Å². The molecule has 0 spiro atoms. The largest absolute Gasteiger partial charge is 0.480 e. The molecule has 2 N–H and O–H groups in total. The number of hydrogen-bond donors (Lipinski definition) is 2. The van der Waals surface area contributed by atoms with E-state index in [0.29, 0.717) is 18.5 Å². The fraction of sp³-hybridized carbons (Fsp3) is 0.158. The Hall–Kier alpha value is -3.08. The van der Waals surface area contributed by atoms with Crippen molar-refractivity contribution in [3.05, 3.63) is 71.4 Å². The molecule has 0 unspecified atom stereocenters. The molecule has 1 aliphatic rings. The van der Waals surface area contributed by atoms with Gasteiger partial charge in [-0.3, -0.25) is 4.79 Å². The van der Waals surface area contributed by atoms with Gasteiger partial charge in [0.2, 0.25) is 0 Å². The van der Waals surface area contributed by atoms with Crippen molar-refractivity contribution in [2.75, 3.05) is 0 Å². The topological polar surface area (TPSA) is 73.4 Å². The van der Waals surface area contributed by atoms with Crippen LogP contribution in [-0.4, -0.2) is 32.9 Å². The molecule has 0 saturated heterocycles. The van der Waals surface area contributed by atoms with Gasteiger partial charge in [0, 0.05) is 35.6 Å². The highest BCUT2D eigenvalue weighted by molar-refractivity contribution is 6.00. The molecular formula is C19H16N2O3. The zero-order valence-electron chi connectivity index (χ0n) is 12.9. The second kappa shape index (κ2) is 5.53. The van der Waals surface area contributed by atoms with E-state index >= 15 is 0 Å². The first-order valence-corrected chi connectivity index (χ1v) is 7.81. The first-order chi connectivity index (χ1) is 11.6. The highest BCUT2D eigenvalue weighted by atomic mass is 16.4. The lowest BCUT2D eigenvalue weighted by Crippen LogP contribution is -2.48. The average molecular weight is 320 g/mol. The maximum atomic E-state index is 12.9. The van der Waals surface area contributed by atoms with E-state index in [-0.39, 0.29) is 5.91 Å². The molecule has 0 fully saturated rings.